The number of fused-ring (bicyclic) bond motifs is 1. The maximum atomic E-state index is 11.6. The van der Waals surface area contributed by atoms with Gasteiger partial charge in [0.2, 0.25) is 0 Å². The summed E-state index contributed by atoms with van der Waals surface area (Å²) in [5.74, 6) is 2.34. The first-order chi connectivity index (χ1) is 7.76. The minimum Gasteiger partial charge on any atom is -0.465 e. The summed E-state index contributed by atoms with van der Waals surface area (Å²) < 4.78 is 4.76. The fraction of sp³-hybridized carbons (Fsp3) is 0.308. The topological polar surface area (TPSA) is 29.5 Å². The zero-order valence-electron chi connectivity index (χ0n) is 9.19. The Balaban J connectivity index is 2.31. The van der Waals surface area contributed by atoms with Crippen LogP contribution in [0.5, 0.6) is 0 Å². The molecule has 3 nitrogen and oxygen atoms in total. The van der Waals surface area contributed by atoms with Crippen LogP contribution in [0.4, 0.5) is 0 Å². The fourth-order valence-electron chi connectivity index (χ4n) is 2.03. The molecule has 0 unspecified atom stereocenters. The molecule has 16 heavy (non-hydrogen) atoms. The molecule has 0 spiro atoms. The van der Waals surface area contributed by atoms with Crippen LogP contribution in [0.3, 0.4) is 0 Å². The van der Waals surface area contributed by atoms with Gasteiger partial charge in [0.25, 0.3) is 0 Å². The molecule has 0 bridgehead atoms. The Morgan fingerprint density at radius 1 is 1.56 bits per heavy atom. The molecule has 0 atom stereocenters. The van der Waals surface area contributed by atoms with Gasteiger partial charge in [-0.3, -0.25) is 4.90 Å². The van der Waals surface area contributed by atoms with E-state index in [2.05, 4.69) is 10.8 Å². The minimum atomic E-state index is -0.278. The van der Waals surface area contributed by atoms with Gasteiger partial charge in [0, 0.05) is 13.1 Å². The highest BCUT2D eigenvalue weighted by molar-refractivity contribution is 5.91. The second kappa shape index (κ2) is 4.38. The molecule has 0 N–H and O–H groups in total. The Bertz CT molecular complexity index is 459. The summed E-state index contributed by atoms with van der Waals surface area (Å²) in [4.78, 5) is 13.7. The molecule has 2 rings (SSSR count). The lowest BCUT2D eigenvalue weighted by molar-refractivity contribution is 0.0599. The van der Waals surface area contributed by atoms with Crippen molar-refractivity contribution in [1.29, 1.82) is 0 Å². The van der Waals surface area contributed by atoms with Crippen molar-refractivity contribution < 1.29 is 9.53 Å². The molecule has 0 aliphatic carbocycles. The number of methoxy groups -OCH3 is 1. The highest BCUT2D eigenvalue weighted by Gasteiger charge is 2.23. The van der Waals surface area contributed by atoms with Crippen LogP contribution >= 0.6 is 0 Å². The van der Waals surface area contributed by atoms with E-state index in [4.69, 9.17) is 11.2 Å². The average molecular weight is 215 g/mol. The van der Waals surface area contributed by atoms with Gasteiger partial charge in [-0.1, -0.05) is 18.1 Å². The summed E-state index contributed by atoms with van der Waals surface area (Å²) in [5.41, 5.74) is 2.86. The van der Waals surface area contributed by atoms with Crippen molar-refractivity contribution >= 4 is 5.97 Å². The van der Waals surface area contributed by atoms with Gasteiger partial charge in [0.1, 0.15) is 0 Å². The average Bonchev–Trinajstić information content (AvgIpc) is 2.70. The third-order valence-corrected chi connectivity index (χ3v) is 2.77. The Kier molecular flexibility index (Phi) is 2.93. The smallest absolute Gasteiger partial charge is 0.338 e. The van der Waals surface area contributed by atoms with Crippen LogP contribution in [-0.2, 0) is 17.8 Å². The molecule has 0 saturated heterocycles. The predicted octanol–water partition coefficient (Wildman–Crippen LogP) is 1.42. The molecule has 1 aliphatic heterocycles. The minimum absolute atomic E-state index is 0.278. The molecule has 0 aromatic heterocycles. The molecule has 3 heteroatoms. The number of carbonyl (C=O) groups is 1. The SMILES string of the molecule is C#CCN1Cc2cccc(C(=O)OC)c2C1. The van der Waals surface area contributed by atoms with Gasteiger partial charge in [0.05, 0.1) is 19.2 Å². The van der Waals surface area contributed by atoms with Crippen molar-refractivity contribution in [2.75, 3.05) is 13.7 Å². The highest BCUT2D eigenvalue weighted by Crippen LogP contribution is 2.25. The third-order valence-electron chi connectivity index (χ3n) is 2.77. The molecule has 0 saturated carbocycles. The number of hydrogen-bond donors (Lipinski definition) is 0. The van der Waals surface area contributed by atoms with Gasteiger partial charge < -0.3 is 4.74 Å². The molecule has 0 amide bonds. The van der Waals surface area contributed by atoms with Gasteiger partial charge in [-0.2, -0.15) is 0 Å². The fourth-order valence-corrected chi connectivity index (χ4v) is 2.03. The summed E-state index contributed by atoms with van der Waals surface area (Å²) in [5, 5.41) is 0. The first-order valence-corrected chi connectivity index (χ1v) is 5.11. The second-order valence-corrected chi connectivity index (χ2v) is 3.78. The van der Waals surface area contributed by atoms with E-state index < -0.39 is 0 Å². The number of terminal acetylenes is 1. The molecular formula is C13H13NO2. The summed E-state index contributed by atoms with van der Waals surface area (Å²) >= 11 is 0. The number of esters is 1. The van der Waals surface area contributed by atoms with Crippen LogP contribution < -0.4 is 0 Å². The number of benzene rings is 1. The van der Waals surface area contributed by atoms with E-state index in [1.54, 1.807) is 6.07 Å². The zero-order valence-corrected chi connectivity index (χ0v) is 9.19. The number of hydrogen-bond acceptors (Lipinski definition) is 3. The number of rotatable bonds is 2. The lowest BCUT2D eigenvalue weighted by Crippen LogP contribution is -2.16. The van der Waals surface area contributed by atoms with E-state index >= 15 is 0 Å². The maximum absolute atomic E-state index is 11.6. The molecule has 1 aliphatic rings. The molecule has 1 heterocycles. The van der Waals surface area contributed by atoms with Crippen LogP contribution in [-0.4, -0.2) is 24.5 Å². The molecule has 1 aromatic carbocycles. The Labute approximate surface area is 95.0 Å². The van der Waals surface area contributed by atoms with Crippen molar-refractivity contribution in [3.05, 3.63) is 34.9 Å². The highest BCUT2D eigenvalue weighted by atomic mass is 16.5. The van der Waals surface area contributed by atoms with Gasteiger partial charge in [-0.05, 0) is 17.2 Å². The van der Waals surface area contributed by atoms with Crippen molar-refractivity contribution in [2.24, 2.45) is 0 Å². The Hall–Kier alpha value is -1.79. The largest absolute Gasteiger partial charge is 0.465 e. The molecule has 0 fully saturated rings. The Morgan fingerprint density at radius 3 is 3.06 bits per heavy atom. The standard InChI is InChI=1S/C13H13NO2/c1-3-7-14-8-10-5-4-6-11(12(10)9-14)13(15)16-2/h1,4-6H,7-9H2,2H3. The molecule has 0 radical (unpaired) electrons. The summed E-state index contributed by atoms with van der Waals surface area (Å²) in [6, 6.07) is 5.70. The van der Waals surface area contributed by atoms with Crippen LogP contribution in [0.25, 0.3) is 0 Å². The van der Waals surface area contributed by atoms with E-state index in [9.17, 15) is 4.79 Å². The van der Waals surface area contributed by atoms with Gasteiger partial charge >= 0.3 is 5.97 Å². The summed E-state index contributed by atoms with van der Waals surface area (Å²) in [6.45, 7) is 2.14. The van der Waals surface area contributed by atoms with Crippen LogP contribution in [0, 0.1) is 12.3 Å². The van der Waals surface area contributed by atoms with Crippen molar-refractivity contribution in [3.63, 3.8) is 0 Å². The van der Waals surface area contributed by atoms with Gasteiger partial charge in [-0.15, -0.1) is 6.42 Å². The van der Waals surface area contributed by atoms with Gasteiger partial charge in [0.15, 0.2) is 0 Å². The first kappa shape index (κ1) is 10.7. The molecule has 1 aromatic rings. The second-order valence-electron chi connectivity index (χ2n) is 3.78. The van der Waals surface area contributed by atoms with E-state index in [-0.39, 0.29) is 5.97 Å². The van der Waals surface area contributed by atoms with E-state index in [1.807, 2.05) is 12.1 Å². The number of nitrogens with zero attached hydrogens (tertiary/aromatic N) is 1. The normalized spacial score (nSPS) is 14.2. The van der Waals surface area contributed by atoms with Crippen LogP contribution in [0.2, 0.25) is 0 Å². The van der Waals surface area contributed by atoms with E-state index in [0.717, 1.165) is 24.2 Å². The first-order valence-electron chi connectivity index (χ1n) is 5.11. The Morgan fingerprint density at radius 2 is 2.38 bits per heavy atom. The van der Waals surface area contributed by atoms with Crippen LogP contribution in [0.15, 0.2) is 18.2 Å². The van der Waals surface area contributed by atoms with E-state index in [0.29, 0.717) is 12.1 Å². The maximum Gasteiger partial charge on any atom is 0.338 e. The van der Waals surface area contributed by atoms with Crippen molar-refractivity contribution in [2.45, 2.75) is 13.1 Å². The third kappa shape index (κ3) is 1.80. The molecular weight excluding hydrogens is 202 g/mol. The predicted molar refractivity (Wildman–Crippen MR) is 60.7 cm³/mol. The van der Waals surface area contributed by atoms with E-state index in [1.165, 1.54) is 7.11 Å². The molecule has 82 valence electrons. The summed E-state index contributed by atoms with van der Waals surface area (Å²) in [6.07, 6.45) is 5.28. The van der Waals surface area contributed by atoms with Crippen molar-refractivity contribution in [1.82, 2.24) is 4.90 Å². The monoisotopic (exact) mass is 215 g/mol. The van der Waals surface area contributed by atoms with Crippen molar-refractivity contribution in [3.8, 4) is 12.3 Å². The lowest BCUT2D eigenvalue weighted by atomic mass is 10.0. The van der Waals surface area contributed by atoms with Gasteiger partial charge in [-0.25, -0.2) is 4.79 Å². The quantitative estimate of drug-likeness (QED) is 0.552. The number of ether oxygens (including phenoxy) is 1. The number of carbonyl (C=O) groups excluding carboxylic acids is 1. The summed E-state index contributed by atoms with van der Waals surface area (Å²) in [7, 11) is 1.40. The zero-order chi connectivity index (χ0) is 11.5. The lowest BCUT2D eigenvalue weighted by Gasteiger charge is -2.09. The van der Waals surface area contributed by atoms with Crippen LogP contribution in [0.1, 0.15) is 21.5 Å².